The molecule has 0 saturated carbocycles. The van der Waals surface area contributed by atoms with Crippen LogP contribution in [0.2, 0.25) is 0 Å². The molecule has 0 aliphatic carbocycles. The number of carbonyl (C=O) groups is 1. The Morgan fingerprint density at radius 1 is 1.24 bits per heavy atom. The number of nitrogens with two attached hydrogens (primary N) is 1. The molecule has 156 valence electrons. The van der Waals surface area contributed by atoms with E-state index in [0.29, 0.717) is 16.5 Å². The maximum atomic E-state index is 12.3. The molecule has 3 aromatic rings. The fourth-order valence-electron chi connectivity index (χ4n) is 2.77. The summed E-state index contributed by atoms with van der Waals surface area (Å²) < 4.78 is 35.1. The van der Waals surface area contributed by atoms with E-state index in [4.69, 9.17) is 14.6 Å². The molecule has 2 N–H and O–H groups in total. The Balaban J connectivity index is 1.56. The first-order valence-corrected chi connectivity index (χ1v) is 11.4. The van der Waals surface area contributed by atoms with Crippen molar-refractivity contribution in [1.82, 2.24) is 9.78 Å². The first-order chi connectivity index (χ1) is 13.6. The van der Waals surface area contributed by atoms with Crippen LogP contribution in [0.3, 0.4) is 0 Å². The number of ether oxygens (including phenoxy) is 2. The Morgan fingerprint density at radius 2 is 1.93 bits per heavy atom. The van der Waals surface area contributed by atoms with Crippen molar-refractivity contribution in [1.29, 1.82) is 0 Å². The van der Waals surface area contributed by atoms with Crippen molar-refractivity contribution in [3.05, 3.63) is 40.9 Å². The third-order valence-corrected chi connectivity index (χ3v) is 6.14. The minimum atomic E-state index is -3.74. The van der Waals surface area contributed by atoms with Crippen molar-refractivity contribution in [3.8, 4) is 5.75 Å². The second kappa shape index (κ2) is 8.52. The quantitative estimate of drug-likeness (QED) is 0.428. The van der Waals surface area contributed by atoms with Gasteiger partial charge in [0.15, 0.2) is 0 Å². The highest BCUT2D eigenvalue weighted by Gasteiger charge is 2.17. The summed E-state index contributed by atoms with van der Waals surface area (Å²) in [6.07, 6.45) is 0. The summed E-state index contributed by atoms with van der Waals surface area (Å²) in [5.41, 5.74) is 0.891. The summed E-state index contributed by atoms with van der Waals surface area (Å²) in [4.78, 5) is 13.8. The molecule has 2 heterocycles. The van der Waals surface area contributed by atoms with Crippen molar-refractivity contribution in [2.45, 2.75) is 32.2 Å². The van der Waals surface area contributed by atoms with Gasteiger partial charge in [-0.3, -0.25) is 4.68 Å². The zero-order valence-corrected chi connectivity index (χ0v) is 18.0. The van der Waals surface area contributed by atoms with Crippen LogP contribution in [-0.4, -0.2) is 37.4 Å². The Bertz CT molecular complexity index is 1110. The molecule has 0 atom stereocenters. The molecule has 0 radical (unpaired) electrons. The van der Waals surface area contributed by atoms with Gasteiger partial charge in [0, 0.05) is 11.9 Å². The molecule has 0 fully saturated rings. The first kappa shape index (κ1) is 21.3. The number of primary sulfonamides is 1. The molecule has 1 aromatic carbocycles. The highest BCUT2D eigenvalue weighted by molar-refractivity contribution is 7.89. The van der Waals surface area contributed by atoms with Crippen LogP contribution in [0.5, 0.6) is 5.75 Å². The van der Waals surface area contributed by atoms with E-state index >= 15 is 0 Å². The highest BCUT2D eigenvalue weighted by Crippen LogP contribution is 2.29. The molecule has 0 bridgehead atoms. The number of hydrogen-bond acceptors (Lipinski definition) is 7. The summed E-state index contributed by atoms with van der Waals surface area (Å²) in [5.74, 6) is 0.501. The molecule has 3 rings (SSSR count). The summed E-state index contributed by atoms with van der Waals surface area (Å²) in [6.45, 7) is 7.17. The number of nitrogens with zero attached hydrogens (tertiary/aromatic N) is 2. The zero-order chi connectivity index (χ0) is 21.2. The second-order valence-electron chi connectivity index (χ2n) is 6.99. The Morgan fingerprint density at radius 3 is 2.55 bits per heavy atom. The highest BCUT2D eigenvalue weighted by atomic mass is 32.2. The normalized spacial score (nSPS) is 11.9. The fraction of sp³-hybridized carbons (Fsp3) is 0.368. The van der Waals surface area contributed by atoms with Gasteiger partial charge < -0.3 is 9.47 Å². The van der Waals surface area contributed by atoms with Crippen LogP contribution in [0.25, 0.3) is 10.2 Å². The summed E-state index contributed by atoms with van der Waals surface area (Å²) >= 11 is 1.37. The molecule has 0 saturated heterocycles. The molecule has 0 amide bonds. The number of hydrogen-bond donors (Lipinski definition) is 1. The van der Waals surface area contributed by atoms with Gasteiger partial charge in [-0.1, -0.05) is 13.8 Å². The van der Waals surface area contributed by atoms with E-state index < -0.39 is 16.0 Å². The third kappa shape index (κ3) is 5.14. The molecular formula is C19H23N3O5S2. The van der Waals surface area contributed by atoms with Gasteiger partial charge in [0.2, 0.25) is 10.0 Å². The van der Waals surface area contributed by atoms with Gasteiger partial charge in [-0.05, 0) is 43.2 Å². The lowest BCUT2D eigenvalue weighted by molar-refractivity contribution is 0.0456. The molecule has 10 heteroatoms. The first-order valence-electron chi connectivity index (χ1n) is 9.05. The van der Waals surface area contributed by atoms with Gasteiger partial charge in [-0.25, -0.2) is 18.4 Å². The van der Waals surface area contributed by atoms with Gasteiger partial charge in [0.25, 0.3) is 0 Å². The fourth-order valence-corrected chi connectivity index (χ4v) is 4.35. The van der Waals surface area contributed by atoms with Gasteiger partial charge in [0.1, 0.15) is 28.7 Å². The van der Waals surface area contributed by atoms with E-state index in [2.05, 4.69) is 18.9 Å². The minimum absolute atomic E-state index is 0.00682. The van der Waals surface area contributed by atoms with Crippen LogP contribution in [0.1, 0.15) is 29.2 Å². The van der Waals surface area contributed by atoms with Crippen molar-refractivity contribution in [3.63, 3.8) is 0 Å². The van der Waals surface area contributed by atoms with Crippen LogP contribution in [0.4, 0.5) is 0 Å². The van der Waals surface area contributed by atoms with E-state index in [0.717, 1.165) is 22.5 Å². The van der Waals surface area contributed by atoms with Crippen LogP contribution in [0, 0.1) is 12.8 Å². The van der Waals surface area contributed by atoms with E-state index in [1.54, 1.807) is 0 Å². The summed E-state index contributed by atoms with van der Waals surface area (Å²) in [5, 5.41) is 10.5. The number of esters is 1. The lowest BCUT2D eigenvalue weighted by Crippen LogP contribution is -2.13. The predicted octanol–water partition coefficient (Wildman–Crippen LogP) is 2.95. The van der Waals surface area contributed by atoms with Crippen LogP contribution in [-0.2, 0) is 21.3 Å². The third-order valence-electron chi connectivity index (χ3n) is 4.08. The molecule has 2 aromatic heterocycles. The lowest BCUT2D eigenvalue weighted by atomic mass is 10.2. The van der Waals surface area contributed by atoms with Crippen LogP contribution >= 0.6 is 11.3 Å². The maximum absolute atomic E-state index is 12.3. The number of carbonyl (C=O) groups excluding carboxylic acids is 1. The molecule has 0 spiro atoms. The zero-order valence-electron chi connectivity index (χ0n) is 16.4. The Hall–Kier alpha value is -2.43. The van der Waals surface area contributed by atoms with Crippen LogP contribution in [0.15, 0.2) is 35.2 Å². The molecule has 0 aliphatic rings. The molecule has 0 unspecified atom stereocenters. The minimum Gasteiger partial charge on any atom is -0.490 e. The number of fused-ring (bicyclic) bond motifs is 1. The van der Waals surface area contributed by atoms with E-state index in [1.807, 2.05) is 17.7 Å². The van der Waals surface area contributed by atoms with Crippen molar-refractivity contribution >= 4 is 37.5 Å². The van der Waals surface area contributed by atoms with Gasteiger partial charge in [-0.15, -0.1) is 11.3 Å². The van der Waals surface area contributed by atoms with E-state index in [9.17, 15) is 13.2 Å². The van der Waals surface area contributed by atoms with Crippen molar-refractivity contribution in [2.24, 2.45) is 11.1 Å². The molecular weight excluding hydrogens is 414 g/mol. The molecule has 8 nitrogen and oxygen atoms in total. The molecule has 0 aliphatic heterocycles. The van der Waals surface area contributed by atoms with E-state index in [1.165, 1.54) is 35.6 Å². The smallest absolute Gasteiger partial charge is 0.348 e. The number of rotatable bonds is 8. The predicted molar refractivity (Wildman–Crippen MR) is 111 cm³/mol. The average molecular weight is 438 g/mol. The number of aryl methyl sites for hydroxylation is 1. The van der Waals surface area contributed by atoms with Gasteiger partial charge >= 0.3 is 5.97 Å². The average Bonchev–Trinajstić information content (AvgIpc) is 3.19. The second-order valence-corrected chi connectivity index (χ2v) is 9.58. The largest absolute Gasteiger partial charge is 0.490 e. The Labute approximate surface area is 173 Å². The summed E-state index contributed by atoms with van der Waals surface area (Å²) in [6, 6.07) is 7.52. The van der Waals surface area contributed by atoms with Crippen molar-refractivity contribution in [2.75, 3.05) is 13.2 Å². The van der Waals surface area contributed by atoms with Crippen LogP contribution < -0.4 is 9.88 Å². The van der Waals surface area contributed by atoms with Gasteiger partial charge in [-0.2, -0.15) is 5.10 Å². The maximum Gasteiger partial charge on any atom is 0.348 e. The van der Waals surface area contributed by atoms with Crippen molar-refractivity contribution < 1.29 is 22.7 Å². The Kier molecular flexibility index (Phi) is 6.25. The number of benzene rings is 1. The van der Waals surface area contributed by atoms with Gasteiger partial charge in [0.05, 0.1) is 10.6 Å². The monoisotopic (exact) mass is 437 g/mol. The van der Waals surface area contributed by atoms with E-state index in [-0.39, 0.29) is 18.1 Å². The topological polar surface area (TPSA) is 114 Å². The SMILES string of the molecule is Cc1nn(CC(C)C)c2sc(C(=O)OCCOc3ccc(S(N)(=O)=O)cc3)cc12. The number of thiophene rings is 1. The molecule has 29 heavy (non-hydrogen) atoms. The summed E-state index contributed by atoms with van der Waals surface area (Å²) in [7, 11) is -3.74. The number of aromatic nitrogens is 2. The number of sulfonamides is 1. The lowest BCUT2D eigenvalue weighted by Gasteiger charge is -2.07. The standard InChI is InChI=1S/C19H23N3O5S2/c1-12(2)11-22-18-16(13(3)21-22)10-17(28-18)19(23)27-9-8-26-14-4-6-15(7-5-14)29(20,24)25/h4-7,10,12H,8-9,11H2,1-3H3,(H2,20,24,25).